The average molecular weight is 337 g/mol. The van der Waals surface area contributed by atoms with E-state index in [0.717, 1.165) is 12.1 Å². The normalized spacial score (nSPS) is 11.3. The van der Waals surface area contributed by atoms with Gasteiger partial charge in [-0.15, -0.1) is 0 Å². The maximum absolute atomic E-state index is 12.6. The minimum Gasteiger partial charge on any atom is -0.437 e. The molecule has 3 nitrogen and oxygen atoms in total. The molecule has 0 saturated carbocycles. The van der Waals surface area contributed by atoms with E-state index in [9.17, 15) is 13.2 Å². The molecule has 21 heavy (non-hydrogen) atoms. The first-order chi connectivity index (χ1) is 9.81. The van der Waals surface area contributed by atoms with Crippen molar-refractivity contribution < 1.29 is 17.9 Å². The second-order valence-electron chi connectivity index (χ2n) is 3.98. The molecule has 0 fully saturated rings. The van der Waals surface area contributed by atoms with Gasteiger partial charge in [0, 0.05) is 7.05 Å². The van der Waals surface area contributed by atoms with Crippen LogP contribution in [-0.4, -0.2) is 12.0 Å². The Morgan fingerprint density at radius 1 is 1.14 bits per heavy atom. The fourth-order valence-electron chi connectivity index (χ4n) is 1.54. The van der Waals surface area contributed by atoms with Gasteiger partial charge in [-0.2, -0.15) is 18.2 Å². The van der Waals surface area contributed by atoms with Crippen LogP contribution in [0, 0.1) is 0 Å². The van der Waals surface area contributed by atoms with Gasteiger partial charge in [0.2, 0.25) is 5.88 Å². The molecule has 0 amide bonds. The summed E-state index contributed by atoms with van der Waals surface area (Å²) < 4.78 is 43.2. The summed E-state index contributed by atoms with van der Waals surface area (Å²) in [5.74, 6) is 0.247. The molecule has 0 saturated heterocycles. The van der Waals surface area contributed by atoms with Gasteiger partial charge in [-0.05, 0) is 24.3 Å². The van der Waals surface area contributed by atoms with Gasteiger partial charge in [-0.1, -0.05) is 29.3 Å². The number of halogens is 5. The van der Waals surface area contributed by atoms with E-state index in [1.807, 2.05) is 0 Å². The summed E-state index contributed by atoms with van der Waals surface area (Å²) in [6, 6.07) is 5.82. The molecule has 1 N–H and O–H groups in total. The summed E-state index contributed by atoms with van der Waals surface area (Å²) >= 11 is 11.8. The van der Waals surface area contributed by atoms with Crippen LogP contribution < -0.4 is 10.1 Å². The van der Waals surface area contributed by atoms with Crippen LogP contribution in [-0.2, 0) is 6.18 Å². The number of anilines is 1. The molecule has 2 aromatic rings. The lowest BCUT2D eigenvalue weighted by atomic mass is 10.2. The van der Waals surface area contributed by atoms with Gasteiger partial charge in [0.1, 0.15) is 16.6 Å². The Hall–Kier alpha value is -1.66. The van der Waals surface area contributed by atoms with Crippen LogP contribution in [0.4, 0.5) is 19.0 Å². The Morgan fingerprint density at radius 2 is 1.86 bits per heavy atom. The third-order valence-electron chi connectivity index (χ3n) is 2.51. The molecule has 0 unspecified atom stereocenters. The fraction of sp³-hybridized carbons (Fsp3) is 0.154. The van der Waals surface area contributed by atoms with E-state index in [1.165, 1.54) is 18.2 Å². The van der Waals surface area contributed by atoms with E-state index in [1.54, 1.807) is 7.05 Å². The van der Waals surface area contributed by atoms with Crippen LogP contribution in [0.2, 0.25) is 10.0 Å². The Balaban J connectivity index is 2.34. The maximum Gasteiger partial charge on any atom is 0.416 e. The van der Waals surface area contributed by atoms with Gasteiger partial charge >= 0.3 is 6.18 Å². The third-order valence-corrected chi connectivity index (χ3v) is 3.07. The summed E-state index contributed by atoms with van der Waals surface area (Å²) in [7, 11) is 1.59. The minimum atomic E-state index is -4.45. The number of nitrogens with zero attached hydrogens (tertiary/aromatic N) is 1. The van der Waals surface area contributed by atoms with Gasteiger partial charge in [-0.25, -0.2) is 0 Å². The number of hydrogen-bond acceptors (Lipinski definition) is 3. The summed E-state index contributed by atoms with van der Waals surface area (Å²) in [4.78, 5) is 4.00. The van der Waals surface area contributed by atoms with Gasteiger partial charge in [-0.3, -0.25) is 0 Å². The van der Waals surface area contributed by atoms with Crippen molar-refractivity contribution in [1.82, 2.24) is 4.98 Å². The van der Waals surface area contributed by atoms with E-state index in [0.29, 0.717) is 5.82 Å². The summed E-state index contributed by atoms with van der Waals surface area (Å²) in [5.41, 5.74) is -0.820. The lowest BCUT2D eigenvalue weighted by molar-refractivity contribution is -0.137. The van der Waals surface area contributed by atoms with Crippen molar-refractivity contribution in [2.45, 2.75) is 6.18 Å². The van der Waals surface area contributed by atoms with Crippen molar-refractivity contribution in [2.24, 2.45) is 0 Å². The molecule has 1 aromatic heterocycles. The van der Waals surface area contributed by atoms with E-state index < -0.39 is 11.7 Å². The second-order valence-corrected chi connectivity index (χ2v) is 4.80. The largest absolute Gasteiger partial charge is 0.437 e. The van der Waals surface area contributed by atoms with Crippen molar-refractivity contribution in [1.29, 1.82) is 0 Å². The van der Waals surface area contributed by atoms with E-state index >= 15 is 0 Å². The molecule has 0 radical (unpaired) electrons. The Morgan fingerprint density at radius 3 is 2.48 bits per heavy atom. The van der Waals surface area contributed by atoms with E-state index in [-0.39, 0.29) is 21.7 Å². The Labute approximate surface area is 128 Å². The molecule has 1 aromatic carbocycles. The molecule has 0 bridgehead atoms. The predicted molar refractivity (Wildman–Crippen MR) is 75.3 cm³/mol. The molecular formula is C13H9Cl2F3N2O. The molecule has 0 aliphatic carbocycles. The molecule has 8 heteroatoms. The molecule has 2 rings (SSSR count). The summed E-state index contributed by atoms with van der Waals surface area (Å²) in [6.07, 6.45) is -4.45. The molecule has 0 aliphatic heterocycles. The molecule has 0 atom stereocenters. The molecule has 0 spiro atoms. The zero-order valence-electron chi connectivity index (χ0n) is 10.6. The number of pyridine rings is 1. The van der Waals surface area contributed by atoms with Crippen molar-refractivity contribution in [3.63, 3.8) is 0 Å². The number of hydrogen-bond donors (Lipinski definition) is 1. The predicted octanol–water partition coefficient (Wildman–Crippen LogP) is 5.24. The number of benzene rings is 1. The average Bonchev–Trinajstić information content (AvgIpc) is 2.41. The fourth-order valence-corrected chi connectivity index (χ4v) is 2.04. The van der Waals surface area contributed by atoms with Crippen LogP contribution in [0.5, 0.6) is 11.6 Å². The molecule has 112 valence electrons. The second kappa shape index (κ2) is 5.99. The van der Waals surface area contributed by atoms with Crippen LogP contribution >= 0.6 is 23.2 Å². The number of aromatic nitrogens is 1. The number of alkyl halides is 3. The van der Waals surface area contributed by atoms with Gasteiger partial charge in [0.25, 0.3) is 0 Å². The minimum absolute atomic E-state index is 0.0244. The zero-order chi connectivity index (χ0) is 15.6. The highest BCUT2D eigenvalue weighted by molar-refractivity contribution is 6.36. The summed E-state index contributed by atoms with van der Waals surface area (Å²) in [5, 5.41) is 3.09. The first kappa shape index (κ1) is 15.7. The first-order valence-electron chi connectivity index (χ1n) is 5.70. The molecule has 0 aliphatic rings. The monoisotopic (exact) mass is 336 g/mol. The lowest BCUT2D eigenvalue weighted by Gasteiger charge is -2.11. The number of rotatable bonds is 3. The number of ether oxygens (including phenoxy) is 1. The van der Waals surface area contributed by atoms with Crippen molar-refractivity contribution in [3.8, 4) is 11.6 Å². The van der Waals surface area contributed by atoms with Crippen LogP contribution in [0.3, 0.4) is 0 Å². The van der Waals surface area contributed by atoms with Gasteiger partial charge in [0.15, 0.2) is 0 Å². The smallest absolute Gasteiger partial charge is 0.416 e. The van der Waals surface area contributed by atoms with Gasteiger partial charge < -0.3 is 10.1 Å². The highest BCUT2D eigenvalue weighted by atomic mass is 35.5. The van der Waals surface area contributed by atoms with E-state index in [4.69, 9.17) is 27.9 Å². The molecular weight excluding hydrogens is 328 g/mol. The van der Waals surface area contributed by atoms with Crippen LogP contribution in [0.15, 0.2) is 30.3 Å². The van der Waals surface area contributed by atoms with Crippen LogP contribution in [0.1, 0.15) is 5.56 Å². The third kappa shape index (κ3) is 3.71. The quantitative estimate of drug-likeness (QED) is 0.832. The highest BCUT2D eigenvalue weighted by Gasteiger charge is 2.30. The van der Waals surface area contributed by atoms with Crippen molar-refractivity contribution >= 4 is 29.0 Å². The Bertz CT molecular complexity index is 662. The SMILES string of the molecule is CNc1nc(Oc2cccc(C(F)(F)F)c2)c(Cl)cc1Cl. The van der Waals surface area contributed by atoms with Crippen molar-refractivity contribution in [2.75, 3.05) is 12.4 Å². The lowest BCUT2D eigenvalue weighted by Crippen LogP contribution is -2.04. The van der Waals surface area contributed by atoms with E-state index in [2.05, 4.69) is 10.3 Å². The summed E-state index contributed by atoms with van der Waals surface area (Å²) in [6.45, 7) is 0. The highest BCUT2D eigenvalue weighted by Crippen LogP contribution is 2.35. The molecule has 1 heterocycles. The number of nitrogens with one attached hydrogen (secondary N) is 1. The zero-order valence-corrected chi connectivity index (χ0v) is 12.1. The van der Waals surface area contributed by atoms with Gasteiger partial charge in [0.05, 0.1) is 10.6 Å². The topological polar surface area (TPSA) is 34.2 Å². The van der Waals surface area contributed by atoms with Crippen LogP contribution in [0.25, 0.3) is 0 Å². The first-order valence-corrected chi connectivity index (χ1v) is 6.46. The maximum atomic E-state index is 12.6. The Kier molecular flexibility index (Phi) is 4.49. The van der Waals surface area contributed by atoms with Crippen molar-refractivity contribution in [3.05, 3.63) is 45.9 Å². The standard InChI is InChI=1S/C13H9Cl2F3N2O/c1-19-11-9(14)6-10(15)12(20-11)21-8-4-2-3-7(5-8)13(16,17)18/h2-6H,1H3,(H,19,20).